The first kappa shape index (κ1) is 54.8. The summed E-state index contributed by atoms with van der Waals surface area (Å²) in [6.07, 6.45) is 0. The van der Waals surface area contributed by atoms with Crippen molar-refractivity contribution >= 4 is 139 Å². The van der Waals surface area contributed by atoms with E-state index >= 15 is 0 Å². The standard InChI is InChI=1S/C18H13Br.3C16H11Br.C12H9Br.C10H7Br/c19-18-12-11-16(14-7-3-1-4-8-14)13-17(18)15-9-5-2-6-10-15;17-14-8-3-7-13(11-14)16-10-4-6-12-5-1-2-9-15(12)16;17-14-10-13-8-4-5-9-15(13)16(11-14)12-6-2-1-3-7-12;17-16-11-10-13(12-6-2-1-3-7-12)14-8-4-5-9-15(14)16;13-12-8-4-7-11(9-12)10-5-2-1-3-6-10;11-10-7-3-5-8-4-1-2-6-9(8)10/h1-13H;3*1-11H;1-9H;1-7H/i;;1D,2D,3D,6D,7D;;1D,2D,3D,5D,6D;. The molecule has 16 aromatic rings. The topological polar surface area (TPSA) is 0 Å². The second-order valence-corrected chi connectivity index (χ2v) is 26.4. The molecule has 456 valence electrons. The van der Waals surface area contributed by atoms with Crippen LogP contribution in [0.25, 0.3) is 110 Å². The van der Waals surface area contributed by atoms with Crippen LogP contribution in [0.1, 0.15) is 13.7 Å². The lowest BCUT2D eigenvalue weighted by atomic mass is 9.98. The fourth-order valence-electron chi connectivity index (χ4n) is 10.5. The Labute approximate surface area is 616 Å². The van der Waals surface area contributed by atoms with Crippen LogP contribution in [0.4, 0.5) is 0 Å². The molecule has 94 heavy (non-hydrogen) atoms. The molecule has 0 spiro atoms. The zero-order valence-corrected chi connectivity index (χ0v) is 59.8. The van der Waals surface area contributed by atoms with Crippen LogP contribution < -0.4 is 0 Å². The third kappa shape index (κ3) is 18.0. The lowest BCUT2D eigenvalue weighted by molar-refractivity contribution is 1.56. The molecule has 0 aliphatic carbocycles. The quantitative estimate of drug-likeness (QED) is 0.156. The summed E-state index contributed by atoms with van der Waals surface area (Å²) in [6, 6.07) is 104. The van der Waals surface area contributed by atoms with Gasteiger partial charge in [0, 0.05) is 26.8 Å². The second kappa shape index (κ2) is 34.0. The second-order valence-electron chi connectivity index (χ2n) is 21.1. The first-order valence-corrected chi connectivity index (χ1v) is 34.6. The highest BCUT2D eigenvalue weighted by Crippen LogP contribution is 2.37. The van der Waals surface area contributed by atoms with E-state index in [1.54, 1.807) is 24.3 Å². The molecule has 0 heterocycles. The molecule has 0 aliphatic heterocycles. The van der Waals surface area contributed by atoms with Crippen LogP contribution >= 0.6 is 95.6 Å². The van der Waals surface area contributed by atoms with Gasteiger partial charge in [-0.25, -0.2) is 0 Å². The third-order valence-corrected chi connectivity index (χ3v) is 18.5. The smallest absolute Gasteiger partial charge is 0.0622 e. The van der Waals surface area contributed by atoms with Gasteiger partial charge in [0.05, 0.1) is 13.7 Å². The first-order chi connectivity index (χ1) is 50.3. The van der Waals surface area contributed by atoms with Crippen LogP contribution in [0.3, 0.4) is 0 Å². The minimum Gasteiger partial charge on any atom is -0.0622 e. The molecule has 0 unspecified atom stereocenters. The fraction of sp³-hybridized carbons (Fsp3) is 0. The summed E-state index contributed by atoms with van der Waals surface area (Å²) in [5, 5.41) is 9.47. The molecule has 0 saturated heterocycles. The lowest BCUT2D eigenvalue weighted by Gasteiger charge is -2.08. The Morgan fingerprint density at radius 2 is 0.585 bits per heavy atom. The van der Waals surface area contributed by atoms with Crippen molar-refractivity contribution in [1.82, 2.24) is 0 Å². The van der Waals surface area contributed by atoms with Crippen molar-refractivity contribution in [1.29, 1.82) is 0 Å². The molecule has 0 N–H and O–H groups in total. The van der Waals surface area contributed by atoms with Gasteiger partial charge in [-0.15, -0.1) is 0 Å². The van der Waals surface area contributed by atoms with Crippen molar-refractivity contribution in [2.75, 3.05) is 0 Å². The summed E-state index contributed by atoms with van der Waals surface area (Å²) in [6.45, 7) is 0. The maximum Gasteiger partial charge on any atom is 0.0629 e. The van der Waals surface area contributed by atoms with Gasteiger partial charge < -0.3 is 0 Å². The highest BCUT2D eigenvalue weighted by atomic mass is 79.9. The van der Waals surface area contributed by atoms with Gasteiger partial charge in [0.15, 0.2) is 0 Å². The molecule has 0 fully saturated rings. The van der Waals surface area contributed by atoms with Gasteiger partial charge in [-0.3, -0.25) is 0 Å². The highest BCUT2D eigenvalue weighted by Gasteiger charge is 2.09. The molecule has 0 amide bonds. The molecule has 16 rings (SSSR count). The van der Waals surface area contributed by atoms with Gasteiger partial charge in [0.25, 0.3) is 0 Å². The number of benzene rings is 16. The maximum absolute atomic E-state index is 8.13. The van der Waals surface area contributed by atoms with Gasteiger partial charge in [-0.1, -0.05) is 411 Å². The summed E-state index contributed by atoms with van der Waals surface area (Å²) in [4.78, 5) is 0. The predicted molar refractivity (Wildman–Crippen MR) is 427 cm³/mol. The van der Waals surface area contributed by atoms with E-state index in [0.29, 0.717) is 11.1 Å². The monoisotopic (exact) mass is 1600 g/mol. The van der Waals surface area contributed by atoms with E-state index in [9.17, 15) is 0 Å². The Kier molecular flexibility index (Phi) is 19.8. The number of rotatable bonds is 6. The molecule has 6 heteroatoms. The normalized spacial score (nSPS) is 11.9. The summed E-state index contributed by atoms with van der Waals surface area (Å²) in [5.74, 6) is 0. The summed E-state index contributed by atoms with van der Waals surface area (Å²) in [7, 11) is 0. The van der Waals surface area contributed by atoms with Gasteiger partial charge in [0.2, 0.25) is 0 Å². The van der Waals surface area contributed by atoms with Gasteiger partial charge in [-0.2, -0.15) is 0 Å². The third-order valence-electron chi connectivity index (χ3n) is 15.0. The van der Waals surface area contributed by atoms with Crippen molar-refractivity contribution in [3.63, 3.8) is 0 Å². The van der Waals surface area contributed by atoms with Crippen molar-refractivity contribution < 1.29 is 13.7 Å². The van der Waals surface area contributed by atoms with Gasteiger partial charge in [0.1, 0.15) is 0 Å². The van der Waals surface area contributed by atoms with Crippen LogP contribution in [-0.2, 0) is 0 Å². The summed E-state index contributed by atoms with van der Waals surface area (Å²) < 4.78 is 84.2. The Morgan fingerprint density at radius 3 is 1.19 bits per heavy atom. The summed E-state index contributed by atoms with van der Waals surface area (Å²) >= 11 is 21.0. The maximum atomic E-state index is 8.13. The van der Waals surface area contributed by atoms with E-state index in [4.69, 9.17) is 13.7 Å². The van der Waals surface area contributed by atoms with Crippen molar-refractivity contribution in [3.8, 4) is 66.8 Å². The van der Waals surface area contributed by atoms with Crippen molar-refractivity contribution in [2.24, 2.45) is 0 Å². The van der Waals surface area contributed by atoms with Gasteiger partial charge >= 0.3 is 0 Å². The van der Waals surface area contributed by atoms with Crippen molar-refractivity contribution in [3.05, 3.63) is 403 Å². The highest BCUT2D eigenvalue weighted by molar-refractivity contribution is 9.11. The Bertz CT molecular complexity index is 5660. The zero-order chi connectivity index (χ0) is 73.6. The van der Waals surface area contributed by atoms with E-state index in [1.807, 2.05) is 66.7 Å². The average Bonchev–Trinajstić information content (AvgIpc) is 0.759. The fourth-order valence-corrected chi connectivity index (χ4v) is 13.3. The van der Waals surface area contributed by atoms with Crippen LogP contribution in [-0.4, -0.2) is 0 Å². The van der Waals surface area contributed by atoms with E-state index in [-0.39, 0.29) is 71.6 Å². The molecule has 0 radical (unpaired) electrons. The molecular formula is C88H62Br6. The predicted octanol–water partition coefficient (Wildman–Crippen LogP) is 29.3. The SMILES string of the molecule is Brc1ccc(-c2ccccc2)c2ccccc12.Brc1ccc(-c2ccccc2)cc1-c1ccccc1.Brc1cccc(-c2cccc3ccccc23)c1.Brc1cccc2ccccc12.[2H]c1c([2H])c([2H])c(-c2cc(Br)cc3ccccc23)c([2H])c1[2H].[2H]c1c([2H])c([2H])c(-c2cccc(Br)c2)c([2H])c1[2H]. The Balaban J connectivity index is 0.000000126. The minimum atomic E-state index is -0.377. The average molecular weight is 1610 g/mol. The number of hydrogen-bond acceptors (Lipinski definition) is 0. The van der Waals surface area contributed by atoms with Crippen LogP contribution in [0, 0.1) is 0 Å². The van der Waals surface area contributed by atoms with Crippen LogP contribution in [0.2, 0.25) is 0 Å². The number of hydrogen-bond donors (Lipinski definition) is 0. The van der Waals surface area contributed by atoms with Crippen LogP contribution in [0.5, 0.6) is 0 Å². The lowest BCUT2D eigenvalue weighted by Crippen LogP contribution is -1.83. The molecule has 16 aromatic carbocycles. The first-order valence-electron chi connectivity index (χ1n) is 34.9. The molecule has 0 aliphatic rings. The number of fused-ring (bicyclic) bond motifs is 4. The van der Waals surface area contributed by atoms with Crippen molar-refractivity contribution in [2.45, 2.75) is 0 Å². The Hall–Kier alpha value is -8.56. The largest absolute Gasteiger partial charge is 0.0629 e. The van der Waals surface area contributed by atoms with E-state index in [1.165, 1.54) is 76.8 Å². The number of halogens is 6. The molecule has 0 bridgehead atoms. The summed E-state index contributed by atoms with van der Waals surface area (Å²) in [5.41, 5.74) is 11.7. The van der Waals surface area contributed by atoms with E-state index < -0.39 is 0 Å². The van der Waals surface area contributed by atoms with Gasteiger partial charge in [-0.05, 0) is 171 Å². The zero-order valence-electron chi connectivity index (χ0n) is 60.3. The molecule has 0 aromatic heterocycles. The van der Waals surface area contributed by atoms with E-state index in [2.05, 4.69) is 320 Å². The molecular weight excluding hydrogens is 1540 g/mol. The Morgan fingerprint density at radius 1 is 0.181 bits per heavy atom. The minimum absolute atomic E-state index is 0.181. The van der Waals surface area contributed by atoms with Crippen LogP contribution in [0.15, 0.2) is 403 Å². The molecule has 0 nitrogen and oxygen atoms in total. The van der Waals surface area contributed by atoms with E-state index in [0.717, 1.165) is 37.6 Å². The molecule has 0 atom stereocenters. The molecule has 0 saturated carbocycles.